The fraction of sp³-hybridized carbons (Fsp3) is 0.769. The lowest BCUT2D eigenvalue weighted by Gasteiger charge is -2.10. The van der Waals surface area contributed by atoms with Gasteiger partial charge in [0.15, 0.2) is 0 Å². The second-order valence-corrected chi connectivity index (χ2v) is 4.69. The van der Waals surface area contributed by atoms with Crippen LogP contribution >= 0.6 is 0 Å². The number of aryl methyl sites for hydroxylation is 1. The molecule has 0 spiro atoms. The second-order valence-electron chi connectivity index (χ2n) is 4.69. The van der Waals surface area contributed by atoms with E-state index >= 15 is 0 Å². The Labute approximate surface area is 108 Å². The molecule has 1 N–H and O–H groups in total. The molecule has 0 radical (unpaired) electrons. The average Bonchev–Trinajstić information content (AvgIpc) is 3.00. The molecule has 1 saturated heterocycles. The lowest BCUT2D eigenvalue weighted by atomic mass is 10.2. The standard InChI is InChI=1S/C13H23N3O2/c1-16-7-6-15-13(16)10-14-5-3-8-17-11-12-4-2-9-18-12/h6-7,12,14H,2-5,8-11H2,1H3. The molecule has 18 heavy (non-hydrogen) atoms. The monoisotopic (exact) mass is 253 g/mol. The Bertz CT molecular complexity index is 335. The number of nitrogens with zero attached hydrogens (tertiary/aromatic N) is 2. The predicted molar refractivity (Wildman–Crippen MR) is 69.3 cm³/mol. The van der Waals surface area contributed by atoms with E-state index in [0.717, 1.165) is 51.6 Å². The minimum Gasteiger partial charge on any atom is -0.379 e. The van der Waals surface area contributed by atoms with Crippen LogP contribution in [0.4, 0.5) is 0 Å². The first kappa shape index (κ1) is 13.5. The van der Waals surface area contributed by atoms with Crippen LogP contribution in [0.5, 0.6) is 0 Å². The molecule has 1 atom stereocenters. The molecule has 0 aromatic carbocycles. The normalized spacial score (nSPS) is 19.5. The van der Waals surface area contributed by atoms with E-state index in [1.807, 2.05) is 24.0 Å². The largest absolute Gasteiger partial charge is 0.379 e. The predicted octanol–water partition coefficient (Wildman–Crippen LogP) is 1.10. The first-order valence-electron chi connectivity index (χ1n) is 6.72. The summed E-state index contributed by atoms with van der Waals surface area (Å²) >= 11 is 0. The molecule has 0 bridgehead atoms. The SMILES string of the molecule is Cn1ccnc1CNCCCOCC1CCCO1. The molecule has 1 aromatic rings. The summed E-state index contributed by atoms with van der Waals surface area (Å²) in [6.07, 6.45) is 7.47. The summed E-state index contributed by atoms with van der Waals surface area (Å²) in [5.74, 6) is 1.07. The van der Waals surface area contributed by atoms with Crippen molar-refractivity contribution in [1.82, 2.24) is 14.9 Å². The highest BCUT2D eigenvalue weighted by Gasteiger charge is 2.14. The molecule has 0 aliphatic carbocycles. The maximum atomic E-state index is 5.59. The average molecular weight is 253 g/mol. The van der Waals surface area contributed by atoms with Crippen LogP contribution < -0.4 is 5.32 Å². The van der Waals surface area contributed by atoms with Gasteiger partial charge in [0.25, 0.3) is 0 Å². The Morgan fingerprint density at radius 1 is 1.61 bits per heavy atom. The zero-order chi connectivity index (χ0) is 12.6. The minimum absolute atomic E-state index is 0.338. The van der Waals surface area contributed by atoms with Gasteiger partial charge in [-0.25, -0.2) is 4.98 Å². The van der Waals surface area contributed by atoms with Gasteiger partial charge in [-0.05, 0) is 25.8 Å². The van der Waals surface area contributed by atoms with Crippen LogP contribution in [0.2, 0.25) is 0 Å². The molecule has 1 aliphatic heterocycles. The van der Waals surface area contributed by atoms with Crippen LogP contribution in [0.3, 0.4) is 0 Å². The summed E-state index contributed by atoms with van der Waals surface area (Å²) in [6.45, 7) is 4.22. The summed E-state index contributed by atoms with van der Waals surface area (Å²) in [4.78, 5) is 4.25. The summed E-state index contributed by atoms with van der Waals surface area (Å²) in [5, 5.41) is 3.36. The van der Waals surface area contributed by atoms with Crippen LogP contribution in [0.1, 0.15) is 25.1 Å². The third-order valence-electron chi connectivity index (χ3n) is 3.17. The molecule has 5 heteroatoms. The smallest absolute Gasteiger partial charge is 0.122 e. The van der Waals surface area contributed by atoms with E-state index < -0.39 is 0 Å². The molecule has 2 rings (SSSR count). The number of ether oxygens (including phenoxy) is 2. The van der Waals surface area contributed by atoms with Crippen molar-refractivity contribution in [1.29, 1.82) is 0 Å². The van der Waals surface area contributed by atoms with E-state index in [2.05, 4.69) is 10.3 Å². The zero-order valence-corrected chi connectivity index (χ0v) is 11.1. The highest BCUT2D eigenvalue weighted by molar-refractivity contribution is 4.90. The lowest BCUT2D eigenvalue weighted by Crippen LogP contribution is -2.20. The van der Waals surface area contributed by atoms with Gasteiger partial charge in [0, 0.05) is 32.7 Å². The Kier molecular flexibility index (Phi) is 5.64. The maximum absolute atomic E-state index is 5.59. The van der Waals surface area contributed by atoms with Gasteiger partial charge in [0.2, 0.25) is 0 Å². The van der Waals surface area contributed by atoms with Crippen molar-refractivity contribution in [3.05, 3.63) is 18.2 Å². The summed E-state index contributed by atoms with van der Waals surface area (Å²) in [6, 6.07) is 0. The molecule has 1 unspecified atom stereocenters. The van der Waals surface area contributed by atoms with E-state index in [-0.39, 0.29) is 0 Å². The first-order chi connectivity index (χ1) is 8.86. The van der Waals surface area contributed by atoms with Crippen molar-refractivity contribution < 1.29 is 9.47 Å². The fourth-order valence-corrected chi connectivity index (χ4v) is 2.06. The number of hydrogen-bond acceptors (Lipinski definition) is 4. The van der Waals surface area contributed by atoms with Gasteiger partial charge in [-0.1, -0.05) is 0 Å². The van der Waals surface area contributed by atoms with Crippen LogP contribution in [0.15, 0.2) is 12.4 Å². The van der Waals surface area contributed by atoms with Crippen LogP contribution in [-0.2, 0) is 23.1 Å². The van der Waals surface area contributed by atoms with Crippen LogP contribution in [-0.4, -0.2) is 42.0 Å². The van der Waals surface area contributed by atoms with Gasteiger partial charge in [-0.15, -0.1) is 0 Å². The van der Waals surface area contributed by atoms with Crippen molar-refractivity contribution in [2.75, 3.05) is 26.4 Å². The Balaban J connectivity index is 1.43. The molecule has 1 fully saturated rings. The number of imidazole rings is 1. The summed E-state index contributed by atoms with van der Waals surface area (Å²) < 4.78 is 13.1. The second kappa shape index (κ2) is 7.51. The first-order valence-corrected chi connectivity index (χ1v) is 6.72. The van der Waals surface area contributed by atoms with Crippen molar-refractivity contribution >= 4 is 0 Å². The highest BCUT2D eigenvalue weighted by Crippen LogP contribution is 2.11. The molecule has 2 heterocycles. The zero-order valence-electron chi connectivity index (χ0n) is 11.1. The van der Waals surface area contributed by atoms with Gasteiger partial charge in [0.1, 0.15) is 5.82 Å². The van der Waals surface area contributed by atoms with Gasteiger partial charge >= 0.3 is 0 Å². The van der Waals surface area contributed by atoms with E-state index in [1.54, 1.807) is 0 Å². The molecule has 0 saturated carbocycles. The number of nitrogens with one attached hydrogen (secondary N) is 1. The van der Waals surface area contributed by atoms with Gasteiger partial charge < -0.3 is 19.4 Å². The Hall–Kier alpha value is -0.910. The third-order valence-corrected chi connectivity index (χ3v) is 3.17. The van der Waals surface area contributed by atoms with Crippen molar-refractivity contribution in [3.8, 4) is 0 Å². The molecule has 0 amide bonds. The fourth-order valence-electron chi connectivity index (χ4n) is 2.06. The topological polar surface area (TPSA) is 48.3 Å². The Morgan fingerprint density at radius 2 is 2.56 bits per heavy atom. The van der Waals surface area contributed by atoms with E-state index in [1.165, 1.54) is 6.42 Å². The van der Waals surface area contributed by atoms with E-state index in [4.69, 9.17) is 9.47 Å². The Morgan fingerprint density at radius 3 is 3.28 bits per heavy atom. The van der Waals surface area contributed by atoms with Crippen LogP contribution in [0.25, 0.3) is 0 Å². The number of aromatic nitrogens is 2. The molecule has 1 aromatic heterocycles. The third kappa shape index (κ3) is 4.40. The molecule has 1 aliphatic rings. The van der Waals surface area contributed by atoms with E-state index in [0.29, 0.717) is 6.10 Å². The summed E-state index contributed by atoms with van der Waals surface area (Å²) in [5.41, 5.74) is 0. The van der Waals surface area contributed by atoms with E-state index in [9.17, 15) is 0 Å². The maximum Gasteiger partial charge on any atom is 0.122 e. The summed E-state index contributed by atoms with van der Waals surface area (Å²) in [7, 11) is 2.01. The quantitative estimate of drug-likeness (QED) is 0.705. The highest BCUT2D eigenvalue weighted by atomic mass is 16.5. The minimum atomic E-state index is 0.338. The van der Waals surface area contributed by atoms with Crippen LogP contribution in [0, 0.1) is 0 Å². The number of hydrogen-bond donors (Lipinski definition) is 1. The molecular formula is C13H23N3O2. The van der Waals surface area contributed by atoms with Crippen molar-refractivity contribution in [2.45, 2.75) is 31.9 Å². The molecule has 102 valence electrons. The van der Waals surface area contributed by atoms with Gasteiger partial charge in [-0.2, -0.15) is 0 Å². The molecule has 5 nitrogen and oxygen atoms in total. The molecular weight excluding hydrogens is 230 g/mol. The van der Waals surface area contributed by atoms with Crippen molar-refractivity contribution in [2.24, 2.45) is 7.05 Å². The van der Waals surface area contributed by atoms with Gasteiger partial charge in [-0.3, -0.25) is 0 Å². The van der Waals surface area contributed by atoms with Crippen molar-refractivity contribution in [3.63, 3.8) is 0 Å². The lowest BCUT2D eigenvalue weighted by molar-refractivity contribution is 0.0166. The number of rotatable bonds is 8. The van der Waals surface area contributed by atoms with Gasteiger partial charge in [0.05, 0.1) is 19.3 Å².